The maximum Gasteiger partial charge on any atom is 0.191 e. The van der Waals surface area contributed by atoms with Gasteiger partial charge in [-0.25, -0.2) is 0 Å². The Labute approximate surface area is 180 Å². The van der Waals surface area contributed by atoms with Gasteiger partial charge >= 0.3 is 0 Å². The van der Waals surface area contributed by atoms with E-state index in [1.165, 1.54) is 0 Å². The van der Waals surface area contributed by atoms with Gasteiger partial charge in [-0.3, -0.25) is 4.99 Å². The van der Waals surface area contributed by atoms with Crippen LogP contribution in [0.15, 0.2) is 29.3 Å². The van der Waals surface area contributed by atoms with E-state index in [1.54, 1.807) is 0 Å². The van der Waals surface area contributed by atoms with Crippen LogP contribution in [0.4, 0.5) is 0 Å². The third kappa shape index (κ3) is 7.46. The molecule has 1 aliphatic rings. The lowest BCUT2D eigenvalue weighted by Gasteiger charge is -2.38. The summed E-state index contributed by atoms with van der Waals surface area (Å²) in [5, 5.41) is 16.2. The molecule has 1 aromatic carbocycles. The minimum absolute atomic E-state index is 0. The number of hydrogen-bond acceptors (Lipinski definition) is 4. The zero-order valence-electron chi connectivity index (χ0n) is 16.8. The number of benzene rings is 1. The molecule has 1 saturated heterocycles. The summed E-state index contributed by atoms with van der Waals surface area (Å²) in [5.41, 5.74) is 0.942. The van der Waals surface area contributed by atoms with E-state index in [4.69, 9.17) is 9.47 Å². The standard InChI is InChI=1S/C20H33N3O3.HI/c1-5-21-19(22-11-20(12-24)13-25-14-20)23-16(4)17-6-8-18(9-7-17)26-10-15(2)3;/h6-9,15-16,24H,5,10-14H2,1-4H3,(H2,21,22,23);1H. The van der Waals surface area contributed by atoms with Crippen LogP contribution in [-0.4, -0.2) is 50.6 Å². The first kappa shape index (κ1) is 24.0. The van der Waals surface area contributed by atoms with Gasteiger partial charge in [0.05, 0.1) is 44.4 Å². The monoisotopic (exact) mass is 491 g/mol. The van der Waals surface area contributed by atoms with Crippen molar-refractivity contribution in [1.29, 1.82) is 0 Å². The van der Waals surface area contributed by atoms with Crippen LogP contribution < -0.4 is 15.4 Å². The topological polar surface area (TPSA) is 75.1 Å². The maximum atomic E-state index is 9.54. The molecule has 0 spiro atoms. The summed E-state index contributed by atoms with van der Waals surface area (Å²) in [6.07, 6.45) is 0. The molecule has 6 nitrogen and oxygen atoms in total. The fraction of sp³-hybridized carbons (Fsp3) is 0.650. The average molecular weight is 491 g/mol. The molecule has 0 aliphatic carbocycles. The smallest absolute Gasteiger partial charge is 0.191 e. The van der Waals surface area contributed by atoms with Crippen molar-refractivity contribution in [3.8, 4) is 5.75 Å². The largest absolute Gasteiger partial charge is 0.493 e. The van der Waals surface area contributed by atoms with E-state index in [9.17, 15) is 5.11 Å². The molecular formula is C20H34IN3O3. The number of hydrogen-bond donors (Lipinski definition) is 3. The van der Waals surface area contributed by atoms with Crippen molar-refractivity contribution < 1.29 is 14.6 Å². The van der Waals surface area contributed by atoms with Crippen LogP contribution in [0.1, 0.15) is 39.3 Å². The third-order valence-corrected chi connectivity index (χ3v) is 4.39. The van der Waals surface area contributed by atoms with Gasteiger partial charge in [0, 0.05) is 6.54 Å². The number of aliphatic hydroxyl groups is 1. The van der Waals surface area contributed by atoms with Crippen molar-refractivity contribution in [1.82, 2.24) is 10.6 Å². The first-order valence-electron chi connectivity index (χ1n) is 9.44. The Kier molecular flexibility index (Phi) is 10.4. The van der Waals surface area contributed by atoms with Gasteiger partial charge in [-0.1, -0.05) is 26.0 Å². The third-order valence-electron chi connectivity index (χ3n) is 4.39. The summed E-state index contributed by atoms with van der Waals surface area (Å²) < 4.78 is 11.0. The number of nitrogens with zero attached hydrogens (tertiary/aromatic N) is 1. The summed E-state index contributed by atoms with van der Waals surface area (Å²) in [4.78, 5) is 4.64. The highest BCUT2D eigenvalue weighted by Crippen LogP contribution is 2.27. The second-order valence-corrected chi connectivity index (χ2v) is 7.49. The first-order valence-corrected chi connectivity index (χ1v) is 9.44. The lowest BCUT2D eigenvalue weighted by molar-refractivity contribution is -0.130. The van der Waals surface area contributed by atoms with Gasteiger partial charge < -0.3 is 25.2 Å². The van der Waals surface area contributed by atoms with Crippen LogP contribution >= 0.6 is 24.0 Å². The van der Waals surface area contributed by atoms with E-state index >= 15 is 0 Å². The molecule has 1 aromatic rings. The molecule has 27 heavy (non-hydrogen) atoms. The van der Waals surface area contributed by atoms with Gasteiger partial charge in [0.1, 0.15) is 5.75 Å². The highest BCUT2D eigenvalue weighted by atomic mass is 127. The van der Waals surface area contributed by atoms with Crippen molar-refractivity contribution in [2.75, 3.05) is 39.5 Å². The molecule has 3 N–H and O–H groups in total. The second kappa shape index (κ2) is 11.7. The van der Waals surface area contributed by atoms with Gasteiger partial charge in [-0.15, -0.1) is 24.0 Å². The van der Waals surface area contributed by atoms with Crippen LogP contribution in [0.5, 0.6) is 5.75 Å². The average Bonchev–Trinajstić information content (AvgIpc) is 2.60. The highest BCUT2D eigenvalue weighted by Gasteiger charge is 2.38. The predicted octanol–water partition coefficient (Wildman–Crippen LogP) is 2.96. The predicted molar refractivity (Wildman–Crippen MR) is 120 cm³/mol. The molecule has 0 bridgehead atoms. The summed E-state index contributed by atoms with van der Waals surface area (Å²) in [6.45, 7) is 11.7. The quantitative estimate of drug-likeness (QED) is 0.282. The number of nitrogens with one attached hydrogen (secondary N) is 2. The SMILES string of the molecule is CCNC(=NCC1(CO)COC1)NC(C)c1ccc(OCC(C)C)cc1.I. The Morgan fingerprint density at radius 1 is 1.26 bits per heavy atom. The lowest BCUT2D eigenvalue weighted by atomic mass is 9.87. The zero-order valence-corrected chi connectivity index (χ0v) is 19.2. The zero-order chi connectivity index (χ0) is 19.0. The summed E-state index contributed by atoms with van der Waals surface area (Å²) in [7, 11) is 0. The molecule has 0 saturated carbocycles. The van der Waals surface area contributed by atoms with Crippen molar-refractivity contribution in [3.63, 3.8) is 0 Å². The molecule has 0 amide bonds. The summed E-state index contributed by atoms with van der Waals surface area (Å²) in [6, 6.07) is 8.27. The number of rotatable bonds is 9. The second-order valence-electron chi connectivity index (χ2n) is 7.49. The molecule has 154 valence electrons. The Bertz CT molecular complexity index is 569. The van der Waals surface area contributed by atoms with E-state index in [0.717, 1.165) is 30.4 Å². The van der Waals surface area contributed by atoms with E-state index in [-0.39, 0.29) is 42.0 Å². The molecule has 2 rings (SSSR count). The van der Waals surface area contributed by atoms with Crippen LogP contribution in [0, 0.1) is 11.3 Å². The number of guanidine groups is 1. The number of aliphatic imine (C=N–C) groups is 1. The van der Waals surface area contributed by atoms with E-state index in [1.807, 2.05) is 19.1 Å². The highest BCUT2D eigenvalue weighted by molar-refractivity contribution is 14.0. The normalized spacial score (nSPS) is 16.9. The summed E-state index contributed by atoms with van der Waals surface area (Å²) >= 11 is 0. The van der Waals surface area contributed by atoms with E-state index in [0.29, 0.717) is 25.7 Å². The Hall–Kier alpha value is -1.06. The van der Waals surface area contributed by atoms with Crippen molar-refractivity contribution in [3.05, 3.63) is 29.8 Å². The van der Waals surface area contributed by atoms with Crippen molar-refractivity contribution in [2.45, 2.75) is 33.7 Å². The number of aliphatic hydroxyl groups excluding tert-OH is 1. The minimum Gasteiger partial charge on any atom is -0.493 e. The Balaban J connectivity index is 0.00000364. The molecular weight excluding hydrogens is 457 g/mol. The van der Waals surface area contributed by atoms with E-state index < -0.39 is 0 Å². The molecule has 1 fully saturated rings. The van der Waals surface area contributed by atoms with E-state index in [2.05, 4.69) is 48.5 Å². The first-order chi connectivity index (χ1) is 12.5. The lowest BCUT2D eigenvalue weighted by Crippen LogP contribution is -2.49. The van der Waals surface area contributed by atoms with Gasteiger partial charge in [0.25, 0.3) is 0 Å². The Morgan fingerprint density at radius 2 is 1.93 bits per heavy atom. The molecule has 1 aliphatic heterocycles. The fourth-order valence-electron chi connectivity index (χ4n) is 2.59. The van der Waals surface area contributed by atoms with Gasteiger partial charge in [-0.2, -0.15) is 0 Å². The van der Waals surface area contributed by atoms with Crippen molar-refractivity contribution in [2.24, 2.45) is 16.3 Å². The molecule has 0 aromatic heterocycles. The Morgan fingerprint density at radius 3 is 2.41 bits per heavy atom. The maximum absolute atomic E-state index is 9.54. The van der Waals surface area contributed by atoms with Gasteiger partial charge in [0.2, 0.25) is 0 Å². The van der Waals surface area contributed by atoms with Crippen molar-refractivity contribution >= 4 is 29.9 Å². The van der Waals surface area contributed by atoms with Crippen LogP contribution in [0.25, 0.3) is 0 Å². The molecule has 1 heterocycles. The molecule has 0 radical (unpaired) electrons. The minimum atomic E-state index is -0.221. The van der Waals surface area contributed by atoms with Gasteiger partial charge in [0.15, 0.2) is 5.96 Å². The molecule has 1 unspecified atom stereocenters. The number of halogens is 1. The van der Waals surface area contributed by atoms with Crippen LogP contribution in [-0.2, 0) is 4.74 Å². The molecule has 1 atom stereocenters. The fourth-order valence-corrected chi connectivity index (χ4v) is 2.59. The summed E-state index contributed by atoms with van der Waals surface area (Å²) in [5.74, 6) is 2.15. The van der Waals surface area contributed by atoms with Crippen LogP contribution in [0.2, 0.25) is 0 Å². The number of ether oxygens (including phenoxy) is 2. The van der Waals surface area contributed by atoms with Gasteiger partial charge in [-0.05, 0) is 37.5 Å². The molecule has 7 heteroatoms. The van der Waals surface area contributed by atoms with Crippen LogP contribution in [0.3, 0.4) is 0 Å².